The lowest BCUT2D eigenvalue weighted by molar-refractivity contribution is 0.0993. The molecule has 4 rings (SSSR count). The van der Waals surface area contributed by atoms with Crippen molar-refractivity contribution < 1.29 is 9.21 Å². The zero-order valence-electron chi connectivity index (χ0n) is 11.8. The highest BCUT2D eigenvalue weighted by Crippen LogP contribution is 2.25. The molecular formula is C19H16O2. The van der Waals surface area contributed by atoms with Crippen molar-refractivity contribution in [3.63, 3.8) is 0 Å². The third-order valence-corrected chi connectivity index (χ3v) is 4.31. The highest BCUT2D eigenvalue weighted by Gasteiger charge is 2.16. The Morgan fingerprint density at radius 1 is 1.05 bits per heavy atom. The second kappa shape index (κ2) is 4.88. The van der Waals surface area contributed by atoms with Crippen molar-refractivity contribution in [2.45, 2.75) is 25.7 Å². The molecule has 2 heteroatoms. The van der Waals surface area contributed by atoms with E-state index in [0.717, 1.165) is 23.0 Å². The van der Waals surface area contributed by atoms with Crippen LogP contribution in [0.3, 0.4) is 0 Å². The fraction of sp³-hybridized carbons (Fsp3) is 0.211. The Hall–Kier alpha value is -2.35. The SMILES string of the molecule is O=C(Cc1ccc2c(c1)CCC2)c1coc2ccccc12. The fourth-order valence-electron chi connectivity index (χ4n) is 3.21. The van der Waals surface area contributed by atoms with Gasteiger partial charge in [-0.25, -0.2) is 0 Å². The van der Waals surface area contributed by atoms with E-state index >= 15 is 0 Å². The summed E-state index contributed by atoms with van der Waals surface area (Å²) in [6.45, 7) is 0. The van der Waals surface area contributed by atoms with Gasteiger partial charge in [-0.15, -0.1) is 0 Å². The molecule has 0 spiro atoms. The summed E-state index contributed by atoms with van der Waals surface area (Å²) in [5.74, 6) is 0.123. The summed E-state index contributed by atoms with van der Waals surface area (Å²) < 4.78 is 5.46. The summed E-state index contributed by atoms with van der Waals surface area (Å²) in [4.78, 5) is 12.5. The topological polar surface area (TPSA) is 30.2 Å². The first kappa shape index (κ1) is 12.4. The number of rotatable bonds is 3. The molecular weight excluding hydrogens is 260 g/mol. The summed E-state index contributed by atoms with van der Waals surface area (Å²) in [6, 6.07) is 14.1. The maximum absolute atomic E-state index is 12.5. The van der Waals surface area contributed by atoms with E-state index in [1.165, 1.54) is 24.0 Å². The molecule has 1 aliphatic rings. The van der Waals surface area contributed by atoms with Crippen LogP contribution in [0.5, 0.6) is 0 Å². The van der Waals surface area contributed by atoms with Crippen molar-refractivity contribution in [3.8, 4) is 0 Å². The summed E-state index contributed by atoms with van der Waals surface area (Å²) in [5.41, 5.74) is 5.42. The van der Waals surface area contributed by atoms with E-state index in [9.17, 15) is 4.79 Å². The monoisotopic (exact) mass is 276 g/mol. The molecule has 1 heterocycles. The number of para-hydroxylation sites is 1. The molecule has 21 heavy (non-hydrogen) atoms. The number of fused-ring (bicyclic) bond motifs is 2. The van der Waals surface area contributed by atoms with Crippen molar-refractivity contribution >= 4 is 16.8 Å². The Morgan fingerprint density at radius 3 is 2.86 bits per heavy atom. The first-order valence-corrected chi connectivity index (χ1v) is 7.41. The van der Waals surface area contributed by atoms with Crippen LogP contribution in [0.1, 0.15) is 33.5 Å². The van der Waals surface area contributed by atoms with Gasteiger partial charge in [0.1, 0.15) is 11.8 Å². The third kappa shape index (κ3) is 2.17. The zero-order chi connectivity index (χ0) is 14.2. The summed E-state index contributed by atoms with van der Waals surface area (Å²) in [6.07, 6.45) is 5.58. The van der Waals surface area contributed by atoms with Gasteiger partial charge in [-0.3, -0.25) is 4.79 Å². The number of Topliss-reactive ketones (excluding diaryl/α,β-unsaturated/α-hetero) is 1. The van der Waals surface area contributed by atoms with Crippen molar-refractivity contribution in [3.05, 3.63) is 71.0 Å². The average Bonchev–Trinajstić information content (AvgIpc) is 3.13. The molecule has 0 N–H and O–H groups in total. The van der Waals surface area contributed by atoms with Crippen LogP contribution in [0.15, 0.2) is 53.1 Å². The normalized spacial score (nSPS) is 13.5. The maximum atomic E-state index is 12.5. The lowest BCUT2D eigenvalue weighted by atomic mass is 9.99. The Balaban J connectivity index is 1.63. The number of hydrogen-bond donors (Lipinski definition) is 0. The number of benzene rings is 2. The first-order chi connectivity index (χ1) is 10.3. The summed E-state index contributed by atoms with van der Waals surface area (Å²) >= 11 is 0. The minimum absolute atomic E-state index is 0.123. The van der Waals surface area contributed by atoms with Crippen LogP contribution in [-0.2, 0) is 19.3 Å². The van der Waals surface area contributed by atoms with E-state index in [1.54, 1.807) is 6.26 Å². The quantitative estimate of drug-likeness (QED) is 0.666. The van der Waals surface area contributed by atoms with Gasteiger partial charge < -0.3 is 4.42 Å². The molecule has 0 amide bonds. The molecule has 0 bridgehead atoms. The standard InChI is InChI=1S/C19H16O2/c20-18(17-12-21-19-7-2-1-6-16(17)19)11-13-8-9-14-4-3-5-15(14)10-13/h1-2,6-10,12H,3-5,11H2. The highest BCUT2D eigenvalue weighted by atomic mass is 16.3. The van der Waals surface area contributed by atoms with E-state index in [2.05, 4.69) is 18.2 Å². The van der Waals surface area contributed by atoms with Crippen molar-refractivity contribution in [2.75, 3.05) is 0 Å². The Bertz CT molecular complexity index is 826. The molecule has 0 saturated carbocycles. The largest absolute Gasteiger partial charge is 0.464 e. The predicted molar refractivity (Wildman–Crippen MR) is 82.7 cm³/mol. The number of ketones is 1. The molecule has 0 unspecified atom stereocenters. The zero-order valence-corrected chi connectivity index (χ0v) is 11.8. The molecule has 0 radical (unpaired) electrons. The van der Waals surface area contributed by atoms with Crippen LogP contribution in [0.2, 0.25) is 0 Å². The number of hydrogen-bond acceptors (Lipinski definition) is 2. The molecule has 104 valence electrons. The number of aryl methyl sites for hydroxylation is 2. The van der Waals surface area contributed by atoms with Crippen molar-refractivity contribution in [2.24, 2.45) is 0 Å². The minimum atomic E-state index is 0.123. The van der Waals surface area contributed by atoms with Gasteiger partial charge in [-0.2, -0.15) is 0 Å². The number of carbonyl (C=O) groups excluding carboxylic acids is 1. The highest BCUT2D eigenvalue weighted by molar-refractivity contribution is 6.07. The first-order valence-electron chi connectivity index (χ1n) is 7.41. The fourth-order valence-corrected chi connectivity index (χ4v) is 3.21. The van der Waals surface area contributed by atoms with Crippen LogP contribution in [0.4, 0.5) is 0 Å². The van der Waals surface area contributed by atoms with Gasteiger partial charge in [-0.1, -0.05) is 36.4 Å². The second-order valence-corrected chi connectivity index (χ2v) is 5.70. The molecule has 0 saturated heterocycles. The Kier molecular flexibility index (Phi) is 2.88. The lowest BCUT2D eigenvalue weighted by Crippen LogP contribution is -2.03. The van der Waals surface area contributed by atoms with Crippen LogP contribution >= 0.6 is 0 Å². The second-order valence-electron chi connectivity index (χ2n) is 5.70. The van der Waals surface area contributed by atoms with Crippen LogP contribution in [0.25, 0.3) is 11.0 Å². The Morgan fingerprint density at radius 2 is 1.90 bits per heavy atom. The molecule has 1 aromatic heterocycles. The van der Waals surface area contributed by atoms with Gasteiger partial charge in [0.05, 0.1) is 5.56 Å². The summed E-state index contributed by atoms with van der Waals surface area (Å²) in [5, 5.41) is 0.906. The molecule has 0 fully saturated rings. The molecule has 3 aromatic rings. The molecule has 2 aromatic carbocycles. The summed E-state index contributed by atoms with van der Waals surface area (Å²) in [7, 11) is 0. The van der Waals surface area contributed by atoms with E-state index < -0.39 is 0 Å². The smallest absolute Gasteiger partial charge is 0.171 e. The molecule has 2 nitrogen and oxygen atoms in total. The van der Waals surface area contributed by atoms with Gasteiger partial charge in [-0.05, 0) is 42.0 Å². The average molecular weight is 276 g/mol. The minimum Gasteiger partial charge on any atom is -0.464 e. The van der Waals surface area contributed by atoms with E-state index in [-0.39, 0.29) is 5.78 Å². The van der Waals surface area contributed by atoms with Crippen molar-refractivity contribution in [1.82, 2.24) is 0 Å². The van der Waals surface area contributed by atoms with E-state index in [0.29, 0.717) is 12.0 Å². The van der Waals surface area contributed by atoms with Gasteiger partial charge in [0.2, 0.25) is 0 Å². The predicted octanol–water partition coefficient (Wildman–Crippen LogP) is 4.35. The lowest BCUT2D eigenvalue weighted by Gasteiger charge is -2.04. The van der Waals surface area contributed by atoms with Crippen LogP contribution in [-0.4, -0.2) is 5.78 Å². The van der Waals surface area contributed by atoms with Gasteiger partial charge in [0.15, 0.2) is 5.78 Å². The van der Waals surface area contributed by atoms with Gasteiger partial charge in [0.25, 0.3) is 0 Å². The Labute approximate surface area is 123 Å². The number of furan rings is 1. The van der Waals surface area contributed by atoms with Crippen molar-refractivity contribution in [1.29, 1.82) is 0 Å². The maximum Gasteiger partial charge on any atom is 0.171 e. The molecule has 0 atom stereocenters. The third-order valence-electron chi connectivity index (χ3n) is 4.31. The van der Waals surface area contributed by atoms with E-state index in [4.69, 9.17) is 4.42 Å². The van der Waals surface area contributed by atoms with E-state index in [1.807, 2.05) is 24.3 Å². The molecule has 0 aliphatic heterocycles. The number of carbonyl (C=O) groups is 1. The molecule has 1 aliphatic carbocycles. The van der Waals surface area contributed by atoms with Crippen LogP contribution < -0.4 is 0 Å². The van der Waals surface area contributed by atoms with Crippen LogP contribution in [0, 0.1) is 0 Å². The van der Waals surface area contributed by atoms with Gasteiger partial charge in [0, 0.05) is 11.8 Å². The van der Waals surface area contributed by atoms with Gasteiger partial charge >= 0.3 is 0 Å².